The summed E-state index contributed by atoms with van der Waals surface area (Å²) in [5, 5.41) is 6.83. The highest BCUT2D eigenvalue weighted by Gasteiger charge is 2.20. The second-order valence-electron chi connectivity index (χ2n) is 5.94. The van der Waals surface area contributed by atoms with Crippen molar-refractivity contribution < 1.29 is 4.79 Å². The van der Waals surface area contributed by atoms with Gasteiger partial charge in [0.1, 0.15) is 0 Å². The third kappa shape index (κ3) is 5.71. The number of hydrogen-bond acceptors (Lipinski definition) is 3. The molecule has 1 atom stereocenters. The van der Waals surface area contributed by atoms with Crippen molar-refractivity contribution in [3.63, 3.8) is 0 Å². The summed E-state index contributed by atoms with van der Waals surface area (Å²) in [6, 6.07) is 6.26. The van der Waals surface area contributed by atoms with E-state index >= 15 is 0 Å². The average molecular weight is 306 g/mol. The lowest BCUT2D eigenvalue weighted by atomic mass is 10.2. The normalized spacial score (nSPS) is 15.8. The molecule has 1 unspecified atom stereocenters. The molecule has 116 valence electrons. The van der Waals surface area contributed by atoms with Crippen molar-refractivity contribution in [3.05, 3.63) is 23.8 Å². The highest BCUT2D eigenvalue weighted by Crippen LogP contribution is 2.29. The molecule has 1 amide bonds. The van der Waals surface area contributed by atoms with E-state index in [1.54, 1.807) is 0 Å². The summed E-state index contributed by atoms with van der Waals surface area (Å²) in [6.07, 6.45) is 3.78. The van der Waals surface area contributed by atoms with Crippen LogP contribution in [-0.4, -0.2) is 24.2 Å². The minimum absolute atomic E-state index is 0.0427. The number of nitrogens with one attached hydrogen (secondary N) is 2. The first kappa shape index (κ1) is 16.4. The molecule has 2 N–H and O–H groups in total. The number of aryl methyl sites for hydroxylation is 1. The van der Waals surface area contributed by atoms with Gasteiger partial charge in [0.25, 0.3) is 0 Å². The lowest BCUT2D eigenvalue weighted by Crippen LogP contribution is -2.29. The first-order valence-electron chi connectivity index (χ1n) is 7.86. The molecule has 1 aliphatic carbocycles. The average Bonchev–Trinajstić information content (AvgIpc) is 3.26. The molecule has 21 heavy (non-hydrogen) atoms. The smallest absolute Gasteiger partial charge is 0.238 e. The molecule has 3 nitrogen and oxygen atoms in total. The zero-order chi connectivity index (χ0) is 15.2. The van der Waals surface area contributed by atoms with Crippen molar-refractivity contribution in [2.75, 3.05) is 18.4 Å². The fraction of sp³-hybridized carbons (Fsp3) is 0.588. The predicted octanol–water partition coefficient (Wildman–Crippen LogP) is 3.82. The van der Waals surface area contributed by atoms with E-state index in [1.807, 2.05) is 24.8 Å². The van der Waals surface area contributed by atoms with E-state index in [2.05, 4.69) is 36.6 Å². The van der Waals surface area contributed by atoms with Crippen molar-refractivity contribution in [1.29, 1.82) is 0 Å². The maximum atomic E-state index is 11.9. The molecule has 1 aromatic rings. The Bertz CT molecular complexity index is 486. The van der Waals surface area contributed by atoms with Gasteiger partial charge in [-0.1, -0.05) is 13.8 Å². The second kappa shape index (κ2) is 7.85. The van der Waals surface area contributed by atoms with Gasteiger partial charge in [0.05, 0.1) is 6.54 Å². The quantitative estimate of drug-likeness (QED) is 0.717. The van der Waals surface area contributed by atoms with E-state index in [9.17, 15) is 4.79 Å². The van der Waals surface area contributed by atoms with Crippen LogP contribution in [0.2, 0.25) is 0 Å². The van der Waals surface area contributed by atoms with Gasteiger partial charge in [-0.05, 0) is 62.4 Å². The Morgan fingerprint density at radius 3 is 2.81 bits per heavy atom. The summed E-state index contributed by atoms with van der Waals surface area (Å²) in [6.45, 7) is 7.86. The molecule has 0 saturated heterocycles. The molecule has 2 rings (SSSR count). The molecular formula is C17H26N2OS. The van der Waals surface area contributed by atoms with Crippen molar-refractivity contribution in [2.45, 2.75) is 50.2 Å². The number of hydrogen-bond donors (Lipinski definition) is 2. The van der Waals surface area contributed by atoms with Gasteiger partial charge < -0.3 is 10.6 Å². The molecule has 1 aliphatic rings. The fourth-order valence-corrected chi connectivity index (χ4v) is 3.09. The first-order chi connectivity index (χ1) is 10.1. The second-order valence-corrected chi connectivity index (χ2v) is 7.45. The van der Waals surface area contributed by atoms with Crippen molar-refractivity contribution in [2.24, 2.45) is 5.92 Å². The predicted molar refractivity (Wildman–Crippen MR) is 91.0 cm³/mol. The summed E-state index contributed by atoms with van der Waals surface area (Å²) in [4.78, 5) is 13.2. The largest absolute Gasteiger partial charge is 0.325 e. The van der Waals surface area contributed by atoms with Crippen LogP contribution in [-0.2, 0) is 4.79 Å². The number of rotatable bonds is 8. The van der Waals surface area contributed by atoms with E-state index in [-0.39, 0.29) is 5.91 Å². The van der Waals surface area contributed by atoms with E-state index in [1.165, 1.54) is 17.7 Å². The maximum absolute atomic E-state index is 11.9. The standard InChI is InChI=1S/C17H26N2OS/c1-4-13(3)21-15-7-8-16(12(2)9-15)19-17(20)11-18-10-14-5-6-14/h7-9,13-14,18H,4-6,10-11H2,1-3H3,(H,19,20). The maximum Gasteiger partial charge on any atom is 0.238 e. The monoisotopic (exact) mass is 306 g/mol. The number of amides is 1. The topological polar surface area (TPSA) is 41.1 Å². The zero-order valence-corrected chi connectivity index (χ0v) is 14.1. The summed E-state index contributed by atoms with van der Waals surface area (Å²) in [5.74, 6) is 0.845. The molecule has 0 aromatic heterocycles. The number of benzene rings is 1. The molecule has 1 saturated carbocycles. The van der Waals surface area contributed by atoms with Crippen molar-refractivity contribution in [1.82, 2.24) is 5.32 Å². The van der Waals surface area contributed by atoms with Crippen LogP contribution in [0, 0.1) is 12.8 Å². The van der Waals surface area contributed by atoms with Gasteiger partial charge in [-0.15, -0.1) is 11.8 Å². The first-order valence-corrected chi connectivity index (χ1v) is 8.74. The van der Waals surface area contributed by atoms with Gasteiger partial charge in [-0.3, -0.25) is 4.79 Å². The zero-order valence-electron chi connectivity index (χ0n) is 13.2. The Morgan fingerprint density at radius 1 is 1.43 bits per heavy atom. The van der Waals surface area contributed by atoms with Crippen LogP contribution < -0.4 is 10.6 Å². The number of carbonyl (C=O) groups is 1. The van der Waals surface area contributed by atoms with Gasteiger partial charge in [-0.25, -0.2) is 0 Å². The lowest BCUT2D eigenvalue weighted by molar-refractivity contribution is -0.115. The Balaban J connectivity index is 1.82. The minimum Gasteiger partial charge on any atom is -0.325 e. The van der Waals surface area contributed by atoms with Crippen LogP contribution in [0.1, 0.15) is 38.7 Å². The van der Waals surface area contributed by atoms with Crippen LogP contribution in [0.3, 0.4) is 0 Å². The van der Waals surface area contributed by atoms with Gasteiger partial charge >= 0.3 is 0 Å². The molecule has 1 fully saturated rings. The molecule has 0 spiro atoms. The van der Waals surface area contributed by atoms with Crippen LogP contribution in [0.4, 0.5) is 5.69 Å². The third-order valence-corrected chi connectivity index (χ3v) is 5.06. The fourth-order valence-electron chi connectivity index (χ4n) is 2.07. The summed E-state index contributed by atoms with van der Waals surface area (Å²) in [5.41, 5.74) is 2.04. The lowest BCUT2D eigenvalue weighted by Gasteiger charge is -2.12. The van der Waals surface area contributed by atoms with E-state index < -0.39 is 0 Å². The van der Waals surface area contributed by atoms with Gasteiger partial charge in [0, 0.05) is 15.8 Å². The Kier molecular flexibility index (Phi) is 6.12. The summed E-state index contributed by atoms with van der Waals surface area (Å²) in [7, 11) is 0. The van der Waals surface area contributed by atoms with Crippen LogP contribution >= 0.6 is 11.8 Å². The van der Waals surface area contributed by atoms with Crippen LogP contribution in [0.15, 0.2) is 23.1 Å². The molecule has 0 heterocycles. The van der Waals surface area contributed by atoms with Crippen molar-refractivity contribution in [3.8, 4) is 0 Å². The highest BCUT2D eigenvalue weighted by atomic mass is 32.2. The van der Waals surface area contributed by atoms with Crippen molar-refractivity contribution >= 4 is 23.4 Å². The summed E-state index contributed by atoms with van der Waals surface area (Å²) < 4.78 is 0. The number of carbonyl (C=O) groups excluding carboxylic acids is 1. The van der Waals surface area contributed by atoms with Crippen LogP contribution in [0.25, 0.3) is 0 Å². The Hall–Kier alpha value is -1.00. The number of thioether (sulfide) groups is 1. The van der Waals surface area contributed by atoms with Gasteiger partial charge in [-0.2, -0.15) is 0 Å². The van der Waals surface area contributed by atoms with Crippen LogP contribution in [0.5, 0.6) is 0 Å². The number of anilines is 1. The highest BCUT2D eigenvalue weighted by molar-refractivity contribution is 7.99. The van der Waals surface area contributed by atoms with E-state index in [0.29, 0.717) is 11.8 Å². The molecule has 0 radical (unpaired) electrons. The Labute approximate surface area is 132 Å². The van der Waals surface area contributed by atoms with E-state index in [0.717, 1.165) is 30.1 Å². The van der Waals surface area contributed by atoms with E-state index in [4.69, 9.17) is 0 Å². The molecule has 0 aliphatic heterocycles. The summed E-state index contributed by atoms with van der Waals surface area (Å²) >= 11 is 1.88. The SMILES string of the molecule is CCC(C)Sc1ccc(NC(=O)CNCC2CC2)c(C)c1. The molecule has 4 heteroatoms. The Morgan fingerprint density at radius 2 is 2.19 bits per heavy atom. The van der Waals surface area contributed by atoms with Gasteiger partial charge in [0.2, 0.25) is 5.91 Å². The molecule has 1 aromatic carbocycles. The third-order valence-electron chi connectivity index (χ3n) is 3.80. The molecular weight excluding hydrogens is 280 g/mol. The van der Waals surface area contributed by atoms with Gasteiger partial charge in [0.15, 0.2) is 0 Å². The molecule has 0 bridgehead atoms. The minimum atomic E-state index is 0.0427.